The topological polar surface area (TPSA) is 12.5 Å². The van der Waals surface area contributed by atoms with Gasteiger partial charge in [-0.1, -0.05) is 30.3 Å². The molecule has 14 heavy (non-hydrogen) atoms. The SMILES string of the molecule is CON(C)CCCc1ccccc1.Cl. The summed E-state index contributed by atoms with van der Waals surface area (Å²) in [5.41, 5.74) is 1.40. The van der Waals surface area contributed by atoms with Crippen molar-refractivity contribution >= 4 is 12.4 Å². The molecule has 0 N–H and O–H groups in total. The molecule has 0 radical (unpaired) electrons. The lowest BCUT2D eigenvalue weighted by Gasteiger charge is -2.12. The third kappa shape index (κ3) is 5.22. The van der Waals surface area contributed by atoms with Crippen molar-refractivity contribution in [2.45, 2.75) is 12.8 Å². The van der Waals surface area contributed by atoms with Gasteiger partial charge in [-0.2, -0.15) is 5.06 Å². The van der Waals surface area contributed by atoms with Gasteiger partial charge in [-0.25, -0.2) is 0 Å². The zero-order valence-corrected chi connectivity index (χ0v) is 9.59. The van der Waals surface area contributed by atoms with Crippen LogP contribution in [0.3, 0.4) is 0 Å². The minimum atomic E-state index is 0. The van der Waals surface area contributed by atoms with Crippen LogP contribution in [0.15, 0.2) is 30.3 Å². The summed E-state index contributed by atoms with van der Waals surface area (Å²) in [5, 5.41) is 1.85. The Morgan fingerprint density at radius 1 is 1.21 bits per heavy atom. The molecule has 1 aromatic carbocycles. The fraction of sp³-hybridized carbons (Fsp3) is 0.455. The number of hydroxylamine groups is 2. The third-order valence-corrected chi connectivity index (χ3v) is 2.09. The summed E-state index contributed by atoms with van der Waals surface area (Å²) in [7, 11) is 3.65. The Labute approximate surface area is 92.2 Å². The van der Waals surface area contributed by atoms with E-state index < -0.39 is 0 Å². The molecule has 0 heterocycles. The second-order valence-corrected chi connectivity index (χ2v) is 3.12. The molecule has 2 nitrogen and oxygen atoms in total. The highest BCUT2D eigenvalue weighted by Gasteiger charge is 1.95. The number of rotatable bonds is 5. The summed E-state index contributed by atoms with van der Waals surface area (Å²) in [5.74, 6) is 0. The molecule has 0 aliphatic carbocycles. The largest absolute Gasteiger partial charge is 0.303 e. The van der Waals surface area contributed by atoms with Crippen molar-refractivity contribution in [3.63, 3.8) is 0 Å². The van der Waals surface area contributed by atoms with Crippen molar-refractivity contribution in [1.29, 1.82) is 0 Å². The van der Waals surface area contributed by atoms with Gasteiger partial charge in [-0.05, 0) is 18.4 Å². The molecule has 0 saturated carbocycles. The maximum absolute atomic E-state index is 5.02. The minimum Gasteiger partial charge on any atom is -0.303 e. The Bertz CT molecular complexity index is 228. The summed E-state index contributed by atoms with van der Waals surface area (Å²) in [6.07, 6.45) is 2.25. The van der Waals surface area contributed by atoms with Gasteiger partial charge in [0.1, 0.15) is 0 Å². The van der Waals surface area contributed by atoms with E-state index in [4.69, 9.17) is 4.84 Å². The van der Waals surface area contributed by atoms with E-state index in [1.807, 2.05) is 18.2 Å². The van der Waals surface area contributed by atoms with Crippen LogP contribution in [-0.4, -0.2) is 25.8 Å². The van der Waals surface area contributed by atoms with Crippen molar-refractivity contribution < 1.29 is 4.84 Å². The zero-order valence-electron chi connectivity index (χ0n) is 8.77. The first-order valence-corrected chi connectivity index (χ1v) is 4.62. The summed E-state index contributed by atoms with van der Waals surface area (Å²) in [6.45, 7) is 0.978. The number of halogens is 1. The second-order valence-electron chi connectivity index (χ2n) is 3.12. The molecule has 0 aliphatic rings. The highest BCUT2D eigenvalue weighted by molar-refractivity contribution is 5.85. The Kier molecular flexibility index (Phi) is 7.48. The lowest BCUT2D eigenvalue weighted by atomic mass is 10.1. The van der Waals surface area contributed by atoms with Crippen LogP contribution in [0.25, 0.3) is 0 Å². The van der Waals surface area contributed by atoms with Gasteiger partial charge in [0.15, 0.2) is 0 Å². The van der Waals surface area contributed by atoms with Crippen LogP contribution in [0.2, 0.25) is 0 Å². The summed E-state index contributed by atoms with van der Waals surface area (Å²) in [6, 6.07) is 10.5. The molecule has 0 aliphatic heterocycles. The van der Waals surface area contributed by atoms with Crippen LogP contribution in [0.1, 0.15) is 12.0 Å². The Hall–Kier alpha value is -0.570. The predicted octanol–water partition coefficient (Wildman–Crippen LogP) is 2.53. The van der Waals surface area contributed by atoms with Crippen molar-refractivity contribution in [1.82, 2.24) is 5.06 Å². The van der Waals surface area contributed by atoms with Gasteiger partial charge < -0.3 is 4.84 Å². The first-order valence-electron chi connectivity index (χ1n) is 4.62. The quantitative estimate of drug-likeness (QED) is 0.700. The van der Waals surface area contributed by atoms with E-state index in [1.165, 1.54) is 5.56 Å². The number of benzene rings is 1. The average molecular weight is 216 g/mol. The molecule has 0 aromatic heterocycles. The average Bonchev–Trinajstić information content (AvgIpc) is 2.19. The Morgan fingerprint density at radius 2 is 1.86 bits per heavy atom. The fourth-order valence-electron chi connectivity index (χ4n) is 1.24. The van der Waals surface area contributed by atoms with Gasteiger partial charge in [0.2, 0.25) is 0 Å². The van der Waals surface area contributed by atoms with Crippen LogP contribution in [0.5, 0.6) is 0 Å². The van der Waals surface area contributed by atoms with Crippen LogP contribution >= 0.6 is 12.4 Å². The summed E-state index contributed by atoms with van der Waals surface area (Å²) >= 11 is 0. The molecule has 0 bridgehead atoms. The molecule has 3 heteroatoms. The number of aryl methyl sites for hydroxylation is 1. The molecule has 1 rings (SSSR count). The van der Waals surface area contributed by atoms with E-state index in [-0.39, 0.29) is 12.4 Å². The fourth-order valence-corrected chi connectivity index (χ4v) is 1.24. The Balaban J connectivity index is 0.00000169. The number of nitrogens with zero attached hydrogens (tertiary/aromatic N) is 1. The highest BCUT2D eigenvalue weighted by Crippen LogP contribution is 2.02. The predicted molar refractivity (Wildman–Crippen MR) is 61.7 cm³/mol. The number of hydrogen-bond acceptors (Lipinski definition) is 2. The molecule has 0 spiro atoms. The second kappa shape index (κ2) is 7.80. The Morgan fingerprint density at radius 3 is 2.43 bits per heavy atom. The van der Waals surface area contributed by atoms with Gasteiger partial charge in [0.05, 0.1) is 7.11 Å². The molecule has 0 unspecified atom stereocenters. The van der Waals surface area contributed by atoms with Crippen molar-refractivity contribution in [3.8, 4) is 0 Å². The van der Waals surface area contributed by atoms with Crippen molar-refractivity contribution in [2.75, 3.05) is 20.7 Å². The normalized spacial score (nSPS) is 9.93. The monoisotopic (exact) mass is 215 g/mol. The first kappa shape index (κ1) is 13.4. The first-order chi connectivity index (χ1) is 6.33. The molecule has 80 valence electrons. The van der Waals surface area contributed by atoms with Gasteiger partial charge in [-0.3, -0.25) is 0 Å². The number of hydrogen-bond donors (Lipinski definition) is 0. The van der Waals surface area contributed by atoms with E-state index in [0.29, 0.717) is 0 Å². The molecule has 1 aromatic rings. The maximum atomic E-state index is 5.02. The zero-order chi connectivity index (χ0) is 9.52. The highest BCUT2D eigenvalue weighted by atomic mass is 35.5. The van der Waals surface area contributed by atoms with E-state index in [0.717, 1.165) is 19.4 Å². The summed E-state index contributed by atoms with van der Waals surface area (Å²) in [4.78, 5) is 5.02. The maximum Gasteiger partial charge on any atom is 0.0575 e. The van der Waals surface area contributed by atoms with Crippen LogP contribution in [0.4, 0.5) is 0 Å². The van der Waals surface area contributed by atoms with Crippen LogP contribution in [0, 0.1) is 0 Å². The smallest absolute Gasteiger partial charge is 0.0575 e. The lowest BCUT2D eigenvalue weighted by molar-refractivity contribution is -0.109. The van der Waals surface area contributed by atoms with Gasteiger partial charge in [0, 0.05) is 13.6 Å². The third-order valence-electron chi connectivity index (χ3n) is 2.09. The van der Waals surface area contributed by atoms with Crippen molar-refractivity contribution in [3.05, 3.63) is 35.9 Å². The molecular formula is C11H18ClNO. The van der Waals surface area contributed by atoms with E-state index in [9.17, 15) is 0 Å². The molecule has 0 amide bonds. The molecular weight excluding hydrogens is 198 g/mol. The van der Waals surface area contributed by atoms with Crippen LogP contribution < -0.4 is 0 Å². The van der Waals surface area contributed by atoms with Crippen LogP contribution in [-0.2, 0) is 11.3 Å². The van der Waals surface area contributed by atoms with E-state index in [2.05, 4.69) is 24.3 Å². The van der Waals surface area contributed by atoms with Gasteiger partial charge in [0.25, 0.3) is 0 Å². The van der Waals surface area contributed by atoms with Crippen molar-refractivity contribution in [2.24, 2.45) is 0 Å². The molecule has 0 saturated heterocycles. The minimum absolute atomic E-state index is 0. The van der Waals surface area contributed by atoms with E-state index in [1.54, 1.807) is 7.11 Å². The molecule has 0 fully saturated rings. The van der Waals surface area contributed by atoms with Gasteiger partial charge >= 0.3 is 0 Å². The standard InChI is InChI=1S/C11H17NO.ClH/c1-12(13-2)10-6-9-11-7-4-3-5-8-11;/h3-5,7-8H,6,9-10H2,1-2H3;1H. The van der Waals surface area contributed by atoms with E-state index >= 15 is 0 Å². The van der Waals surface area contributed by atoms with Gasteiger partial charge in [-0.15, -0.1) is 12.4 Å². The molecule has 0 atom stereocenters. The lowest BCUT2D eigenvalue weighted by Crippen LogP contribution is -2.18. The summed E-state index contributed by atoms with van der Waals surface area (Å²) < 4.78 is 0.